The number of halogens is 3. The molecular weight excluding hydrogens is 256 g/mol. The van der Waals surface area contributed by atoms with E-state index in [0.717, 1.165) is 5.47 Å². The van der Waals surface area contributed by atoms with Gasteiger partial charge in [0, 0.05) is 0 Å². The van der Waals surface area contributed by atoms with E-state index < -0.39 is 30.4 Å². The normalized spacial score (nSPS) is 30.4. The van der Waals surface area contributed by atoms with Crippen LogP contribution in [0.25, 0.3) is 0 Å². The van der Waals surface area contributed by atoms with Gasteiger partial charge < -0.3 is 9.31 Å². The zero-order chi connectivity index (χ0) is 14.5. The van der Waals surface area contributed by atoms with Gasteiger partial charge >= 0.3 is 13.3 Å². The molecule has 0 amide bonds. The van der Waals surface area contributed by atoms with Gasteiger partial charge in [-0.2, -0.15) is 13.2 Å². The summed E-state index contributed by atoms with van der Waals surface area (Å²) in [4.78, 5) is 0. The van der Waals surface area contributed by atoms with Crippen LogP contribution in [0.2, 0.25) is 0 Å². The quantitative estimate of drug-likeness (QED) is 0.676. The van der Waals surface area contributed by atoms with E-state index >= 15 is 0 Å². The van der Waals surface area contributed by atoms with Gasteiger partial charge in [0.05, 0.1) is 17.1 Å². The fraction of sp³-hybridized carbons (Fsp3) is 0.846. The Hall–Kier alpha value is -0.485. The van der Waals surface area contributed by atoms with Crippen LogP contribution in [0.1, 0.15) is 47.0 Å². The first-order valence-electron chi connectivity index (χ1n) is 6.64. The second-order valence-corrected chi connectivity index (χ2v) is 6.38. The van der Waals surface area contributed by atoms with Crippen LogP contribution in [0.5, 0.6) is 0 Å². The number of rotatable bonds is 1. The summed E-state index contributed by atoms with van der Waals surface area (Å²) in [6.07, 6.45) is -1.91. The van der Waals surface area contributed by atoms with Gasteiger partial charge in [-0.3, -0.25) is 0 Å². The molecule has 0 radical (unpaired) electrons. The van der Waals surface area contributed by atoms with E-state index in [9.17, 15) is 13.2 Å². The number of hydrogen-bond acceptors (Lipinski definition) is 2. The third-order valence-electron chi connectivity index (χ3n) is 4.46. The first-order chi connectivity index (χ1) is 8.53. The van der Waals surface area contributed by atoms with Crippen LogP contribution in [-0.2, 0) is 9.31 Å². The first kappa shape index (κ1) is 14.9. The van der Waals surface area contributed by atoms with Gasteiger partial charge in [0.15, 0.2) is 0 Å². The van der Waals surface area contributed by atoms with Crippen LogP contribution in [0.15, 0.2) is 11.5 Å². The van der Waals surface area contributed by atoms with Gasteiger partial charge in [-0.05, 0) is 52.4 Å². The fourth-order valence-corrected chi connectivity index (χ4v) is 2.36. The van der Waals surface area contributed by atoms with Crippen molar-refractivity contribution in [2.45, 2.75) is 64.3 Å². The Balaban J connectivity index is 2.05. The summed E-state index contributed by atoms with van der Waals surface area (Å²) < 4.78 is 49.5. The number of allylic oxidation sites excluding steroid dienone is 2. The highest BCUT2D eigenvalue weighted by molar-refractivity contribution is 6.54. The molecule has 108 valence electrons. The van der Waals surface area contributed by atoms with E-state index in [0.29, 0.717) is 6.42 Å². The predicted octanol–water partition coefficient (Wildman–Crippen LogP) is 3.91. The lowest BCUT2D eigenvalue weighted by Gasteiger charge is -2.32. The Labute approximate surface area is 112 Å². The summed E-state index contributed by atoms with van der Waals surface area (Å²) in [5.41, 5.74) is -0.0437. The SMILES string of the molecule is CC1(C)OB(C2=CC[C@H](C(F)(F)F)CC2)OC1(C)C. The van der Waals surface area contributed by atoms with Crippen molar-refractivity contribution in [1.29, 1.82) is 0 Å². The number of alkyl halides is 3. The highest BCUT2D eigenvalue weighted by Gasteiger charge is 2.53. The molecule has 0 bridgehead atoms. The summed E-state index contributed by atoms with van der Waals surface area (Å²) in [7, 11) is -0.501. The van der Waals surface area contributed by atoms with Crippen molar-refractivity contribution < 1.29 is 22.5 Å². The minimum absolute atomic E-state index is 0.0307. The molecule has 1 atom stereocenters. The van der Waals surface area contributed by atoms with Crippen molar-refractivity contribution in [1.82, 2.24) is 0 Å². The van der Waals surface area contributed by atoms with Crippen LogP contribution in [0, 0.1) is 5.92 Å². The standard InChI is InChI=1S/C13H20BF3O2/c1-11(2)12(3,4)19-14(18-11)10-7-5-9(6-8-10)13(15,16)17/h7,9H,5-6,8H2,1-4H3/t9-/m0/s1. The van der Waals surface area contributed by atoms with Crippen molar-refractivity contribution in [3.8, 4) is 0 Å². The van der Waals surface area contributed by atoms with E-state index in [4.69, 9.17) is 9.31 Å². The molecule has 0 saturated carbocycles. The maximum Gasteiger partial charge on any atom is 0.490 e. The minimum atomic E-state index is -4.10. The van der Waals surface area contributed by atoms with Crippen molar-refractivity contribution in [2.75, 3.05) is 0 Å². The molecule has 2 rings (SSSR count). The Kier molecular flexibility index (Phi) is 3.55. The lowest BCUT2D eigenvalue weighted by atomic mass is 9.70. The zero-order valence-electron chi connectivity index (χ0n) is 11.8. The van der Waals surface area contributed by atoms with E-state index in [1.54, 1.807) is 6.08 Å². The molecule has 0 spiro atoms. The fourth-order valence-electron chi connectivity index (χ4n) is 2.36. The second kappa shape index (κ2) is 4.52. The minimum Gasteiger partial charge on any atom is -0.400 e. The lowest BCUT2D eigenvalue weighted by molar-refractivity contribution is -0.176. The molecule has 6 heteroatoms. The average molecular weight is 276 g/mol. The maximum atomic E-state index is 12.6. The van der Waals surface area contributed by atoms with Crippen LogP contribution < -0.4 is 0 Å². The van der Waals surface area contributed by atoms with E-state index in [1.807, 2.05) is 27.7 Å². The molecule has 1 fully saturated rings. The van der Waals surface area contributed by atoms with Crippen molar-refractivity contribution in [3.05, 3.63) is 11.5 Å². The molecule has 0 aromatic rings. The van der Waals surface area contributed by atoms with Crippen molar-refractivity contribution in [2.24, 2.45) is 5.92 Å². The van der Waals surface area contributed by atoms with Crippen molar-refractivity contribution in [3.63, 3.8) is 0 Å². The Morgan fingerprint density at radius 3 is 2.05 bits per heavy atom. The summed E-state index contributed by atoms with van der Waals surface area (Å²) in [5, 5.41) is 0. The molecule has 0 aromatic heterocycles. The highest BCUT2D eigenvalue weighted by Crippen LogP contribution is 2.42. The molecule has 1 saturated heterocycles. The molecule has 1 aliphatic heterocycles. The van der Waals surface area contributed by atoms with Crippen LogP contribution in [-0.4, -0.2) is 24.5 Å². The average Bonchev–Trinajstić information content (AvgIpc) is 2.47. The second-order valence-electron chi connectivity index (χ2n) is 6.38. The van der Waals surface area contributed by atoms with Gasteiger partial charge in [0.1, 0.15) is 0 Å². The molecule has 2 nitrogen and oxygen atoms in total. The van der Waals surface area contributed by atoms with Gasteiger partial charge in [0.25, 0.3) is 0 Å². The van der Waals surface area contributed by atoms with Gasteiger partial charge in [-0.15, -0.1) is 0 Å². The predicted molar refractivity (Wildman–Crippen MR) is 67.6 cm³/mol. The Bertz CT molecular complexity index is 372. The third-order valence-corrected chi connectivity index (χ3v) is 4.46. The van der Waals surface area contributed by atoms with E-state index in [-0.39, 0.29) is 12.8 Å². The summed E-state index contributed by atoms with van der Waals surface area (Å²) >= 11 is 0. The lowest BCUT2D eigenvalue weighted by Crippen LogP contribution is -2.41. The zero-order valence-corrected chi connectivity index (χ0v) is 11.8. The van der Waals surface area contributed by atoms with E-state index in [1.165, 1.54) is 0 Å². The van der Waals surface area contributed by atoms with Crippen LogP contribution in [0.4, 0.5) is 13.2 Å². The topological polar surface area (TPSA) is 18.5 Å². The monoisotopic (exact) mass is 276 g/mol. The molecule has 2 aliphatic rings. The highest BCUT2D eigenvalue weighted by atomic mass is 19.4. The summed E-state index contributed by atoms with van der Waals surface area (Å²) in [6, 6.07) is 0. The van der Waals surface area contributed by atoms with Crippen LogP contribution in [0.3, 0.4) is 0 Å². The molecule has 0 aromatic carbocycles. The maximum absolute atomic E-state index is 12.6. The Morgan fingerprint density at radius 2 is 1.68 bits per heavy atom. The number of hydrogen-bond donors (Lipinski definition) is 0. The van der Waals surface area contributed by atoms with Gasteiger partial charge in [-0.25, -0.2) is 0 Å². The van der Waals surface area contributed by atoms with Gasteiger partial charge in [-0.1, -0.05) is 6.08 Å². The molecular formula is C13H20BF3O2. The molecule has 19 heavy (non-hydrogen) atoms. The molecule has 0 N–H and O–H groups in total. The Morgan fingerprint density at radius 1 is 1.16 bits per heavy atom. The van der Waals surface area contributed by atoms with Gasteiger partial charge in [0.2, 0.25) is 0 Å². The van der Waals surface area contributed by atoms with E-state index in [2.05, 4.69) is 0 Å². The largest absolute Gasteiger partial charge is 0.490 e. The molecule has 1 heterocycles. The molecule has 0 unspecified atom stereocenters. The summed E-state index contributed by atoms with van der Waals surface area (Å²) in [6.45, 7) is 7.76. The molecule has 1 aliphatic carbocycles. The third kappa shape index (κ3) is 2.84. The first-order valence-corrected chi connectivity index (χ1v) is 6.64. The summed E-state index contributed by atoms with van der Waals surface area (Å²) in [5.74, 6) is -1.22. The smallest absolute Gasteiger partial charge is 0.400 e. The van der Waals surface area contributed by atoms with Crippen molar-refractivity contribution >= 4 is 7.12 Å². The van der Waals surface area contributed by atoms with Crippen LogP contribution >= 0.6 is 0 Å².